The molecule has 19 heavy (non-hydrogen) atoms. The van der Waals surface area contributed by atoms with E-state index in [0.29, 0.717) is 11.5 Å². The second kappa shape index (κ2) is 4.28. The van der Waals surface area contributed by atoms with Crippen molar-refractivity contribution >= 4 is 16.7 Å². The number of nitrogens with zero attached hydrogens (tertiary/aromatic N) is 2. The Morgan fingerprint density at radius 3 is 2.68 bits per heavy atom. The molecule has 1 heterocycles. The van der Waals surface area contributed by atoms with Gasteiger partial charge in [0.05, 0.1) is 23.0 Å². The van der Waals surface area contributed by atoms with Gasteiger partial charge in [-0.3, -0.25) is 0 Å². The van der Waals surface area contributed by atoms with Crippen molar-refractivity contribution < 1.29 is 9.13 Å². The van der Waals surface area contributed by atoms with Gasteiger partial charge in [0, 0.05) is 19.2 Å². The normalized spacial score (nSPS) is 10.8. The Kier molecular flexibility index (Phi) is 2.59. The molecular formula is C14H12FN3O. The van der Waals surface area contributed by atoms with E-state index in [2.05, 4.69) is 4.98 Å². The van der Waals surface area contributed by atoms with Gasteiger partial charge in [-0.15, -0.1) is 0 Å². The number of rotatable bonds is 2. The Morgan fingerprint density at radius 1 is 1.16 bits per heavy atom. The molecule has 0 atom stereocenters. The summed E-state index contributed by atoms with van der Waals surface area (Å²) < 4.78 is 20.8. The minimum absolute atomic E-state index is 0.104. The van der Waals surface area contributed by atoms with Crippen LogP contribution in [-0.4, -0.2) is 9.55 Å². The topological polar surface area (TPSA) is 53.1 Å². The molecule has 0 spiro atoms. The molecule has 96 valence electrons. The van der Waals surface area contributed by atoms with Crippen molar-refractivity contribution in [1.29, 1.82) is 0 Å². The van der Waals surface area contributed by atoms with Crippen molar-refractivity contribution in [1.82, 2.24) is 9.55 Å². The summed E-state index contributed by atoms with van der Waals surface area (Å²) in [7, 11) is 1.92. The lowest BCUT2D eigenvalue weighted by Gasteiger charge is -2.06. The standard InChI is InChI=1S/C14H12FN3O/c1-18-8-17-13-7-10(3-5-14(13)18)19-9-2-4-12(16)11(15)6-9/h2-8H,16H2,1H3. The summed E-state index contributed by atoms with van der Waals surface area (Å²) in [5.74, 6) is 0.522. The van der Waals surface area contributed by atoms with Crippen molar-refractivity contribution in [3.05, 3.63) is 48.5 Å². The molecule has 0 fully saturated rings. The Labute approximate surface area is 109 Å². The highest BCUT2D eigenvalue weighted by Crippen LogP contribution is 2.26. The second-order valence-corrected chi connectivity index (χ2v) is 4.29. The maximum atomic E-state index is 13.3. The quantitative estimate of drug-likeness (QED) is 0.718. The molecule has 1 aromatic heterocycles. The van der Waals surface area contributed by atoms with Crippen molar-refractivity contribution in [2.45, 2.75) is 0 Å². The molecule has 5 heteroatoms. The summed E-state index contributed by atoms with van der Waals surface area (Å²) in [4.78, 5) is 4.24. The number of hydrogen-bond acceptors (Lipinski definition) is 3. The van der Waals surface area contributed by atoms with Gasteiger partial charge in [-0.25, -0.2) is 9.37 Å². The van der Waals surface area contributed by atoms with Crippen LogP contribution in [0.15, 0.2) is 42.7 Å². The Bertz CT molecular complexity index is 752. The summed E-state index contributed by atoms with van der Waals surface area (Å²) in [6, 6.07) is 9.90. The first-order chi connectivity index (χ1) is 9.13. The molecule has 0 amide bonds. The van der Waals surface area contributed by atoms with E-state index in [1.54, 1.807) is 12.4 Å². The SMILES string of the molecule is Cn1cnc2cc(Oc3ccc(N)c(F)c3)ccc21. The fraction of sp³-hybridized carbons (Fsp3) is 0.0714. The van der Waals surface area contributed by atoms with Gasteiger partial charge >= 0.3 is 0 Å². The van der Waals surface area contributed by atoms with Crippen LogP contribution in [0.4, 0.5) is 10.1 Å². The fourth-order valence-electron chi connectivity index (χ4n) is 1.89. The van der Waals surface area contributed by atoms with Crippen LogP contribution in [0.3, 0.4) is 0 Å². The maximum absolute atomic E-state index is 13.3. The van der Waals surface area contributed by atoms with Crippen LogP contribution in [0.2, 0.25) is 0 Å². The highest BCUT2D eigenvalue weighted by molar-refractivity contribution is 5.77. The van der Waals surface area contributed by atoms with E-state index in [1.165, 1.54) is 12.1 Å². The first-order valence-electron chi connectivity index (χ1n) is 5.77. The van der Waals surface area contributed by atoms with Gasteiger partial charge in [0.25, 0.3) is 0 Å². The number of nitrogen functional groups attached to an aromatic ring is 1. The molecule has 0 unspecified atom stereocenters. The van der Waals surface area contributed by atoms with E-state index in [-0.39, 0.29) is 5.69 Å². The molecule has 0 aliphatic heterocycles. The number of halogens is 1. The Balaban J connectivity index is 1.94. The van der Waals surface area contributed by atoms with E-state index < -0.39 is 5.82 Å². The van der Waals surface area contributed by atoms with Crippen LogP contribution < -0.4 is 10.5 Å². The predicted molar refractivity (Wildman–Crippen MR) is 71.6 cm³/mol. The number of nitrogens with two attached hydrogens (primary N) is 1. The number of hydrogen-bond donors (Lipinski definition) is 1. The molecule has 3 aromatic rings. The summed E-state index contributed by atoms with van der Waals surface area (Å²) >= 11 is 0. The lowest BCUT2D eigenvalue weighted by Crippen LogP contribution is -1.91. The number of ether oxygens (including phenoxy) is 1. The third kappa shape index (κ3) is 2.10. The van der Waals surface area contributed by atoms with E-state index in [9.17, 15) is 4.39 Å². The molecule has 2 aromatic carbocycles. The van der Waals surface area contributed by atoms with Gasteiger partial charge in [0.2, 0.25) is 0 Å². The van der Waals surface area contributed by atoms with E-state index >= 15 is 0 Å². The monoisotopic (exact) mass is 257 g/mol. The minimum atomic E-state index is -0.489. The first kappa shape index (κ1) is 11.5. The molecule has 0 bridgehead atoms. The number of imidazole rings is 1. The summed E-state index contributed by atoms with van der Waals surface area (Å²) in [5.41, 5.74) is 7.36. The molecule has 3 rings (SSSR count). The highest BCUT2D eigenvalue weighted by Gasteiger charge is 2.05. The van der Waals surface area contributed by atoms with Gasteiger partial charge in [-0.1, -0.05) is 0 Å². The van der Waals surface area contributed by atoms with Crippen LogP contribution in [0.5, 0.6) is 11.5 Å². The number of fused-ring (bicyclic) bond motifs is 1. The maximum Gasteiger partial charge on any atom is 0.149 e. The van der Waals surface area contributed by atoms with Crippen molar-refractivity contribution in [2.24, 2.45) is 7.05 Å². The number of aryl methyl sites for hydroxylation is 1. The third-order valence-electron chi connectivity index (χ3n) is 2.90. The van der Waals surface area contributed by atoms with Gasteiger partial charge in [0.1, 0.15) is 17.3 Å². The predicted octanol–water partition coefficient (Wildman–Crippen LogP) is 3.09. The van der Waals surface area contributed by atoms with Crippen molar-refractivity contribution in [3.63, 3.8) is 0 Å². The van der Waals surface area contributed by atoms with Crippen LogP contribution in [0, 0.1) is 5.82 Å². The van der Waals surface area contributed by atoms with Crippen molar-refractivity contribution in [3.8, 4) is 11.5 Å². The molecule has 4 nitrogen and oxygen atoms in total. The molecule has 0 saturated carbocycles. The molecule has 0 aliphatic carbocycles. The first-order valence-corrected chi connectivity index (χ1v) is 5.77. The van der Waals surface area contributed by atoms with E-state index in [1.807, 2.05) is 29.8 Å². The van der Waals surface area contributed by atoms with E-state index in [0.717, 1.165) is 11.0 Å². The van der Waals surface area contributed by atoms with Gasteiger partial charge in [-0.05, 0) is 24.3 Å². The zero-order valence-electron chi connectivity index (χ0n) is 10.3. The Hall–Kier alpha value is -2.56. The highest BCUT2D eigenvalue weighted by atomic mass is 19.1. The summed E-state index contributed by atoms with van der Waals surface area (Å²) in [6.45, 7) is 0. The Morgan fingerprint density at radius 2 is 1.89 bits per heavy atom. The zero-order valence-corrected chi connectivity index (χ0v) is 10.3. The second-order valence-electron chi connectivity index (χ2n) is 4.29. The zero-order chi connectivity index (χ0) is 13.4. The summed E-state index contributed by atoms with van der Waals surface area (Å²) in [5, 5.41) is 0. The van der Waals surface area contributed by atoms with Gasteiger partial charge < -0.3 is 15.0 Å². The van der Waals surface area contributed by atoms with Crippen molar-refractivity contribution in [2.75, 3.05) is 5.73 Å². The number of anilines is 1. The van der Waals surface area contributed by atoms with Crippen LogP contribution >= 0.6 is 0 Å². The molecule has 0 saturated heterocycles. The average Bonchev–Trinajstić information content (AvgIpc) is 2.75. The fourth-order valence-corrected chi connectivity index (χ4v) is 1.89. The van der Waals surface area contributed by atoms with Gasteiger partial charge in [0.15, 0.2) is 0 Å². The molecule has 0 radical (unpaired) electrons. The molecule has 0 aliphatic rings. The van der Waals surface area contributed by atoms with Crippen LogP contribution in [0.25, 0.3) is 11.0 Å². The smallest absolute Gasteiger partial charge is 0.149 e. The van der Waals surface area contributed by atoms with Gasteiger partial charge in [-0.2, -0.15) is 0 Å². The number of aromatic nitrogens is 2. The average molecular weight is 257 g/mol. The van der Waals surface area contributed by atoms with E-state index in [4.69, 9.17) is 10.5 Å². The molecule has 2 N–H and O–H groups in total. The molecular weight excluding hydrogens is 245 g/mol. The minimum Gasteiger partial charge on any atom is -0.457 e. The largest absolute Gasteiger partial charge is 0.457 e. The number of benzene rings is 2. The van der Waals surface area contributed by atoms with Crippen LogP contribution in [-0.2, 0) is 7.05 Å². The summed E-state index contributed by atoms with van der Waals surface area (Å²) in [6.07, 6.45) is 1.73. The lowest BCUT2D eigenvalue weighted by atomic mass is 10.2. The lowest BCUT2D eigenvalue weighted by molar-refractivity contribution is 0.478. The third-order valence-corrected chi connectivity index (χ3v) is 2.90. The van der Waals surface area contributed by atoms with Crippen LogP contribution in [0.1, 0.15) is 0 Å².